The molecule has 1 atom stereocenters. The molecule has 2 rings (SSSR count). The van der Waals surface area contributed by atoms with Gasteiger partial charge in [-0.25, -0.2) is 13.6 Å². The number of allylic oxidation sites excluding steroid dienone is 6. The minimum Gasteiger partial charge on any atom is -0.380 e. The highest BCUT2D eigenvalue weighted by atomic mass is 79.9. The molecule has 0 aromatic heterocycles. The number of sulfonamides is 1. The highest BCUT2D eigenvalue weighted by molar-refractivity contribution is 9.12. The molecule has 0 amide bonds. The lowest BCUT2D eigenvalue weighted by Crippen LogP contribution is -2.25. The van der Waals surface area contributed by atoms with Gasteiger partial charge in [-0.2, -0.15) is 0 Å². The second-order valence-electron chi connectivity index (χ2n) is 4.54. The van der Waals surface area contributed by atoms with E-state index in [2.05, 4.69) is 15.9 Å². The first kappa shape index (κ1) is 13.6. The Morgan fingerprint density at radius 1 is 1.39 bits per heavy atom. The van der Waals surface area contributed by atoms with E-state index in [4.69, 9.17) is 5.14 Å². The van der Waals surface area contributed by atoms with Gasteiger partial charge in [-0.3, -0.25) is 0 Å². The van der Waals surface area contributed by atoms with Crippen molar-refractivity contribution in [1.29, 1.82) is 0 Å². The fourth-order valence-electron chi connectivity index (χ4n) is 2.22. The Kier molecular flexibility index (Phi) is 3.53. The zero-order chi connectivity index (χ0) is 13.5. The van der Waals surface area contributed by atoms with E-state index in [0.29, 0.717) is 6.42 Å². The fourth-order valence-corrected chi connectivity index (χ4v) is 3.36. The van der Waals surface area contributed by atoms with Gasteiger partial charge < -0.3 is 4.90 Å². The second kappa shape index (κ2) is 4.68. The molecule has 0 aliphatic heterocycles. The van der Waals surface area contributed by atoms with E-state index >= 15 is 0 Å². The lowest BCUT2D eigenvalue weighted by atomic mass is 9.85. The van der Waals surface area contributed by atoms with Crippen LogP contribution in [0.1, 0.15) is 6.42 Å². The Morgan fingerprint density at radius 3 is 2.61 bits per heavy atom. The van der Waals surface area contributed by atoms with Gasteiger partial charge in [0.2, 0.25) is 10.0 Å². The molecule has 98 valence electrons. The van der Waals surface area contributed by atoms with Gasteiger partial charge in [0.1, 0.15) is 0 Å². The maximum Gasteiger partial charge on any atom is 0.237 e. The lowest BCUT2D eigenvalue weighted by molar-refractivity contribution is 0.442. The van der Waals surface area contributed by atoms with E-state index < -0.39 is 10.0 Å². The van der Waals surface area contributed by atoms with Gasteiger partial charge >= 0.3 is 0 Å². The summed E-state index contributed by atoms with van der Waals surface area (Å²) in [7, 11) is 0.329. The summed E-state index contributed by atoms with van der Waals surface area (Å²) < 4.78 is 23.7. The SMILES string of the molecule is CN(C)C1=CC=C(Br)C2=CC(S(N)(=O)=O)=CCC21. The molecule has 0 radical (unpaired) electrons. The van der Waals surface area contributed by atoms with Crippen LogP contribution in [0.4, 0.5) is 0 Å². The summed E-state index contributed by atoms with van der Waals surface area (Å²) in [5.41, 5.74) is 2.13. The van der Waals surface area contributed by atoms with E-state index in [1.807, 2.05) is 31.1 Å². The van der Waals surface area contributed by atoms with Crippen LogP contribution in [-0.2, 0) is 10.0 Å². The maximum absolute atomic E-state index is 11.4. The predicted octanol–water partition coefficient (Wildman–Crippen LogP) is 1.84. The molecule has 6 heteroatoms. The molecule has 0 spiro atoms. The summed E-state index contributed by atoms with van der Waals surface area (Å²) in [4.78, 5) is 2.24. The third-order valence-corrected chi connectivity index (χ3v) is 4.77. The Morgan fingerprint density at radius 2 is 2.06 bits per heavy atom. The van der Waals surface area contributed by atoms with Crippen molar-refractivity contribution < 1.29 is 8.42 Å². The van der Waals surface area contributed by atoms with Crippen LogP contribution in [0.3, 0.4) is 0 Å². The van der Waals surface area contributed by atoms with Gasteiger partial charge in [-0.15, -0.1) is 0 Å². The third-order valence-electron chi connectivity index (χ3n) is 3.11. The molecule has 0 aromatic carbocycles. The van der Waals surface area contributed by atoms with Crippen molar-refractivity contribution in [2.75, 3.05) is 14.1 Å². The van der Waals surface area contributed by atoms with Gasteiger partial charge in [-0.1, -0.05) is 22.0 Å². The average molecular weight is 331 g/mol. The van der Waals surface area contributed by atoms with Gasteiger partial charge in [-0.05, 0) is 30.2 Å². The molecule has 2 aliphatic rings. The summed E-state index contributed by atoms with van der Waals surface area (Å²) >= 11 is 3.47. The van der Waals surface area contributed by atoms with E-state index in [0.717, 1.165) is 15.8 Å². The molecule has 2 N–H and O–H groups in total. The topological polar surface area (TPSA) is 63.4 Å². The molecule has 18 heavy (non-hydrogen) atoms. The first-order valence-electron chi connectivity index (χ1n) is 5.50. The van der Waals surface area contributed by atoms with Crippen molar-refractivity contribution in [3.8, 4) is 0 Å². The number of hydrogen-bond acceptors (Lipinski definition) is 3. The van der Waals surface area contributed by atoms with Crippen LogP contribution in [-0.4, -0.2) is 27.4 Å². The van der Waals surface area contributed by atoms with Crippen LogP contribution in [0.25, 0.3) is 0 Å². The highest BCUT2D eigenvalue weighted by Gasteiger charge is 2.29. The Bertz CT molecular complexity index is 598. The first-order valence-corrected chi connectivity index (χ1v) is 7.84. The summed E-state index contributed by atoms with van der Waals surface area (Å²) in [5.74, 6) is 0.185. The quantitative estimate of drug-likeness (QED) is 0.840. The van der Waals surface area contributed by atoms with Crippen LogP contribution in [0.5, 0.6) is 0 Å². The first-order chi connectivity index (χ1) is 8.30. The molecular formula is C12H15BrN2O2S. The van der Waals surface area contributed by atoms with Crippen molar-refractivity contribution in [1.82, 2.24) is 4.90 Å². The van der Waals surface area contributed by atoms with Crippen molar-refractivity contribution in [2.24, 2.45) is 11.1 Å². The minimum absolute atomic E-state index is 0.185. The van der Waals surface area contributed by atoms with Gasteiger partial charge in [0.15, 0.2) is 0 Å². The van der Waals surface area contributed by atoms with Gasteiger partial charge in [0.25, 0.3) is 0 Å². The van der Waals surface area contributed by atoms with E-state index in [1.54, 1.807) is 12.2 Å². The molecule has 1 unspecified atom stereocenters. The molecule has 0 fully saturated rings. The minimum atomic E-state index is -3.63. The molecule has 0 saturated heterocycles. The Labute approximate surface area is 116 Å². The van der Waals surface area contributed by atoms with E-state index in [1.165, 1.54) is 0 Å². The standard InChI is InChI=1S/C12H15BrN2O2S/c1-15(2)12-6-5-11(13)10-7-8(18(14,16)17)3-4-9(10)12/h3,5-7,9H,4H2,1-2H3,(H2,14,16,17). The lowest BCUT2D eigenvalue weighted by Gasteiger charge is -2.32. The predicted molar refractivity (Wildman–Crippen MR) is 76.2 cm³/mol. The van der Waals surface area contributed by atoms with E-state index in [9.17, 15) is 8.42 Å². The summed E-state index contributed by atoms with van der Waals surface area (Å²) in [6.07, 6.45) is 7.96. The number of nitrogens with zero attached hydrogens (tertiary/aromatic N) is 1. The highest BCUT2D eigenvalue weighted by Crippen LogP contribution is 2.40. The molecular weight excluding hydrogens is 316 g/mol. The summed E-state index contributed by atoms with van der Waals surface area (Å²) in [6, 6.07) is 0. The molecule has 0 bridgehead atoms. The average Bonchev–Trinajstić information content (AvgIpc) is 2.27. The van der Waals surface area contributed by atoms with E-state index in [-0.39, 0.29) is 10.8 Å². The van der Waals surface area contributed by atoms with Crippen molar-refractivity contribution in [3.63, 3.8) is 0 Å². The van der Waals surface area contributed by atoms with Gasteiger partial charge in [0.05, 0.1) is 4.91 Å². The normalized spacial score (nSPS) is 23.4. The molecule has 0 heterocycles. The number of nitrogens with two attached hydrogens (primary N) is 1. The molecule has 0 aromatic rings. The smallest absolute Gasteiger partial charge is 0.237 e. The van der Waals surface area contributed by atoms with Crippen LogP contribution in [0.2, 0.25) is 0 Å². The number of hydrogen-bond donors (Lipinski definition) is 1. The Balaban J connectivity index is 2.45. The van der Waals surface area contributed by atoms with Crippen LogP contribution >= 0.6 is 15.9 Å². The molecule has 4 nitrogen and oxygen atoms in total. The molecule has 0 saturated carbocycles. The van der Waals surface area contributed by atoms with Crippen LogP contribution in [0.15, 0.2) is 45.0 Å². The monoisotopic (exact) mass is 330 g/mol. The van der Waals surface area contributed by atoms with Crippen LogP contribution < -0.4 is 5.14 Å². The van der Waals surface area contributed by atoms with Crippen LogP contribution in [0, 0.1) is 5.92 Å². The number of primary sulfonamides is 1. The van der Waals surface area contributed by atoms with Crippen molar-refractivity contribution in [2.45, 2.75) is 6.42 Å². The molecule has 2 aliphatic carbocycles. The largest absolute Gasteiger partial charge is 0.380 e. The number of halogens is 1. The second-order valence-corrected chi connectivity index (χ2v) is 6.96. The summed E-state index contributed by atoms with van der Waals surface area (Å²) in [6.45, 7) is 0. The zero-order valence-corrected chi connectivity index (χ0v) is 12.6. The Hall–Kier alpha value is -0.850. The number of fused-ring (bicyclic) bond motifs is 1. The van der Waals surface area contributed by atoms with Crippen molar-refractivity contribution >= 4 is 26.0 Å². The summed E-state index contributed by atoms with van der Waals surface area (Å²) in [5, 5.41) is 5.17. The van der Waals surface area contributed by atoms with Gasteiger partial charge in [0, 0.05) is 30.2 Å². The fraction of sp³-hybridized carbons (Fsp3) is 0.333. The number of rotatable bonds is 2. The maximum atomic E-state index is 11.4. The van der Waals surface area contributed by atoms with Crippen molar-refractivity contribution in [3.05, 3.63) is 45.0 Å². The zero-order valence-electron chi connectivity index (χ0n) is 10.2. The third kappa shape index (κ3) is 2.46.